The minimum absolute atomic E-state index is 0.0207. The Morgan fingerprint density at radius 1 is 0.806 bits per heavy atom. The predicted octanol–water partition coefficient (Wildman–Crippen LogP) is 3.85. The van der Waals surface area contributed by atoms with Gasteiger partial charge in [0.25, 0.3) is 11.8 Å². The third kappa shape index (κ3) is 7.18. The molecule has 2 aromatic carbocycles. The molecule has 8 heteroatoms. The molecule has 0 spiro atoms. The van der Waals surface area contributed by atoms with E-state index in [-0.39, 0.29) is 21.9 Å². The first-order valence-corrected chi connectivity index (χ1v) is 11.4. The molecule has 0 radical (unpaired) electrons. The van der Waals surface area contributed by atoms with E-state index in [1.54, 1.807) is 58.0 Å². The van der Waals surface area contributed by atoms with E-state index in [2.05, 4.69) is 15.4 Å². The van der Waals surface area contributed by atoms with Crippen LogP contribution in [-0.2, 0) is 10.0 Å². The summed E-state index contributed by atoms with van der Waals surface area (Å²) in [6.45, 7) is 12.7. The zero-order chi connectivity index (χ0) is 23.6. The Labute approximate surface area is 184 Å². The first-order valence-electron chi connectivity index (χ1n) is 9.96. The minimum Gasteiger partial charge on any atom is -0.347 e. The molecular weight excluding hydrogens is 414 g/mol. The molecule has 0 saturated carbocycles. The lowest BCUT2D eigenvalue weighted by molar-refractivity contribution is 0.0919. The summed E-state index contributed by atoms with van der Waals surface area (Å²) in [6, 6.07) is 11.0. The summed E-state index contributed by atoms with van der Waals surface area (Å²) in [5.74, 6) is -0.636. The van der Waals surface area contributed by atoms with E-state index < -0.39 is 21.5 Å². The van der Waals surface area contributed by atoms with Crippen LogP contribution in [0.3, 0.4) is 0 Å². The number of benzene rings is 2. The number of nitrogens with one attached hydrogen (secondary N) is 3. The van der Waals surface area contributed by atoms with Crippen LogP contribution in [0.5, 0.6) is 0 Å². The molecule has 0 aliphatic carbocycles. The average molecular weight is 446 g/mol. The lowest BCUT2D eigenvalue weighted by atomic mass is 10.1. The second kappa shape index (κ2) is 8.80. The number of hydrogen-bond donors (Lipinski definition) is 3. The number of carbonyl (C=O) groups is 2. The second-order valence-corrected chi connectivity index (χ2v) is 11.3. The molecule has 0 aliphatic heterocycles. The summed E-state index contributed by atoms with van der Waals surface area (Å²) in [4.78, 5) is 25.0. The van der Waals surface area contributed by atoms with Crippen LogP contribution >= 0.6 is 0 Å². The third-order valence-electron chi connectivity index (χ3n) is 4.10. The van der Waals surface area contributed by atoms with Gasteiger partial charge < -0.3 is 10.6 Å². The number of aryl methyl sites for hydroxylation is 1. The Hall–Kier alpha value is -2.71. The Bertz CT molecular complexity index is 1080. The highest BCUT2D eigenvalue weighted by Crippen LogP contribution is 2.19. The smallest absolute Gasteiger partial charge is 0.255 e. The van der Waals surface area contributed by atoms with Crippen LogP contribution in [0.15, 0.2) is 47.4 Å². The van der Waals surface area contributed by atoms with Crippen LogP contribution in [0.25, 0.3) is 0 Å². The molecule has 7 nitrogen and oxygen atoms in total. The Morgan fingerprint density at radius 2 is 1.39 bits per heavy atom. The fraction of sp³-hybridized carbons (Fsp3) is 0.391. The van der Waals surface area contributed by atoms with E-state index in [0.29, 0.717) is 16.8 Å². The summed E-state index contributed by atoms with van der Waals surface area (Å²) in [5.41, 5.74) is 0.880. The number of hydrogen-bond acceptors (Lipinski definition) is 4. The van der Waals surface area contributed by atoms with E-state index in [1.165, 1.54) is 12.1 Å². The van der Waals surface area contributed by atoms with Gasteiger partial charge in [-0.15, -0.1) is 0 Å². The van der Waals surface area contributed by atoms with Gasteiger partial charge in [0, 0.05) is 27.9 Å². The largest absolute Gasteiger partial charge is 0.347 e. The van der Waals surface area contributed by atoms with Crippen molar-refractivity contribution in [2.75, 3.05) is 5.32 Å². The summed E-state index contributed by atoms with van der Waals surface area (Å²) < 4.78 is 27.8. The highest BCUT2D eigenvalue weighted by Gasteiger charge is 2.23. The van der Waals surface area contributed by atoms with Crippen molar-refractivity contribution in [3.63, 3.8) is 0 Å². The zero-order valence-electron chi connectivity index (χ0n) is 19.1. The van der Waals surface area contributed by atoms with Crippen molar-refractivity contribution in [2.24, 2.45) is 0 Å². The van der Waals surface area contributed by atoms with E-state index in [9.17, 15) is 18.0 Å². The average Bonchev–Trinajstić information content (AvgIpc) is 2.58. The molecule has 2 amide bonds. The number of amides is 2. The summed E-state index contributed by atoms with van der Waals surface area (Å²) in [5, 5.41) is 5.63. The molecule has 0 unspecified atom stereocenters. The molecule has 0 aliphatic rings. The van der Waals surface area contributed by atoms with Crippen molar-refractivity contribution in [1.29, 1.82) is 0 Å². The van der Waals surface area contributed by atoms with Crippen molar-refractivity contribution in [2.45, 2.75) is 64.4 Å². The first-order chi connectivity index (χ1) is 14.1. The molecule has 0 fully saturated rings. The van der Waals surface area contributed by atoms with Gasteiger partial charge in [0.05, 0.1) is 4.90 Å². The number of rotatable bonds is 5. The lowest BCUT2D eigenvalue weighted by Crippen LogP contribution is -2.40. The minimum atomic E-state index is -3.77. The third-order valence-corrected chi connectivity index (χ3v) is 5.85. The zero-order valence-corrected chi connectivity index (χ0v) is 19.9. The molecule has 2 aromatic rings. The number of sulfonamides is 1. The maximum atomic E-state index is 12.8. The van der Waals surface area contributed by atoms with E-state index in [1.807, 2.05) is 20.8 Å². The van der Waals surface area contributed by atoms with Gasteiger partial charge in [-0.2, -0.15) is 0 Å². The highest BCUT2D eigenvalue weighted by molar-refractivity contribution is 7.89. The van der Waals surface area contributed by atoms with Gasteiger partial charge in [-0.1, -0.05) is 6.07 Å². The topological polar surface area (TPSA) is 104 Å². The Balaban J connectivity index is 2.22. The SMILES string of the molecule is Cc1ccc(S(=O)(=O)NC(C)(C)C)cc1C(=O)Nc1ccc(C(=O)NC(C)(C)C)cc1. The molecular formula is C23H31N3O4S. The fourth-order valence-corrected chi connectivity index (χ4v) is 4.24. The van der Waals surface area contributed by atoms with Gasteiger partial charge >= 0.3 is 0 Å². The normalized spacial score (nSPS) is 12.4. The van der Waals surface area contributed by atoms with Crippen LogP contribution < -0.4 is 15.4 Å². The van der Waals surface area contributed by atoms with E-state index in [4.69, 9.17) is 0 Å². The van der Waals surface area contributed by atoms with Crippen LogP contribution in [0.1, 0.15) is 67.8 Å². The summed E-state index contributed by atoms with van der Waals surface area (Å²) in [6.07, 6.45) is 0. The van der Waals surface area contributed by atoms with Crippen molar-refractivity contribution < 1.29 is 18.0 Å². The lowest BCUT2D eigenvalue weighted by Gasteiger charge is -2.21. The molecule has 0 aromatic heterocycles. The van der Waals surface area contributed by atoms with Crippen molar-refractivity contribution >= 4 is 27.5 Å². The van der Waals surface area contributed by atoms with Crippen molar-refractivity contribution in [1.82, 2.24) is 10.0 Å². The second-order valence-electron chi connectivity index (χ2n) is 9.57. The molecule has 3 N–H and O–H groups in total. The molecule has 0 atom stereocenters. The fourth-order valence-electron chi connectivity index (χ4n) is 2.79. The molecule has 0 bridgehead atoms. The predicted molar refractivity (Wildman–Crippen MR) is 123 cm³/mol. The molecule has 0 saturated heterocycles. The molecule has 0 heterocycles. The summed E-state index contributed by atoms with van der Waals surface area (Å²) in [7, 11) is -3.77. The van der Waals surface area contributed by atoms with Crippen LogP contribution in [0.4, 0.5) is 5.69 Å². The van der Waals surface area contributed by atoms with Crippen LogP contribution in [0, 0.1) is 6.92 Å². The number of anilines is 1. The highest BCUT2D eigenvalue weighted by atomic mass is 32.2. The quantitative estimate of drug-likeness (QED) is 0.650. The van der Waals surface area contributed by atoms with Gasteiger partial charge in [0.2, 0.25) is 10.0 Å². The number of carbonyl (C=O) groups excluding carboxylic acids is 2. The monoisotopic (exact) mass is 445 g/mol. The molecule has 31 heavy (non-hydrogen) atoms. The molecule has 168 valence electrons. The maximum Gasteiger partial charge on any atom is 0.255 e. The maximum absolute atomic E-state index is 12.8. The van der Waals surface area contributed by atoms with E-state index >= 15 is 0 Å². The first kappa shape index (κ1) is 24.6. The standard InChI is InChI=1S/C23H31N3O4S/c1-15-8-13-18(31(29,30)26-23(5,6)7)14-19(15)21(28)24-17-11-9-16(10-12-17)20(27)25-22(2,3)4/h8-14,26H,1-7H3,(H,24,28)(H,25,27). The van der Waals surface area contributed by atoms with Gasteiger partial charge in [-0.3, -0.25) is 9.59 Å². The van der Waals surface area contributed by atoms with Crippen LogP contribution in [-0.4, -0.2) is 31.3 Å². The van der Waals surface area contributed by atoms with Crippen molar-refractivity contribution in [3.05, 3.63) is 59.2 Å². The van der Waals surface area contributed by atoms with Crippen molar-refractivity contribution in [3.8, 4) is 0 Å². The molecule has 2 rings (SSSR count). The van der Waals surface area contributed by atoms with Gasteiger partial charge in [0.15, 0.2) is 0 Å². The Kier molecular flexibility index (Phi) is 6.97. The van der Waals surface area contributed by atoms with Gasteiger partial charge in [-0.05, 0) is 90.4 Å². The summed E-state index contributed by atoms with van der Waals surface area (Å²) >= 11 is 0. The van der Waals surface area contributed by atoms with Gasteiger partial charge in [-0.25, -0.2) is 13.1 Å². The Morgan fingerprint density at radius 3 is 1.90 bits per heavy atom. The van der Waals surface area contributed by atoms with E-state index in [0.717, 1.165) is 0 Å². The van der Waals surface area contributed by atoms with Gasteiger partial charge in [0.1, 0.15) is 0 Å². The van der Waals surface area contributed by atoms with Crippen LogP contribution in [0.2, 0.25) is 0 Å².